The van der Waals surface area contributed by atoms with Crippen LogP contribution in [0.15, 0.2) is 0 Å². The molecule has 1 fully saturated rings. The van der Waals surface area contributed by atoms with Crippen molar-refractivity contribution in [3.8, 4) is 0 Å². The Morgan fingerprint density at radius 3 is 2.64 bits per heavy atom. The number of hydrogen-bond donors (Lipinski definition) is 1. The van der Waals surface area contributed by atoms with Crippen molar-refractivity contribution in [2.45, 2.75) is 19.4 Å². The lowest BCUT2D eigenvalue weighted by Gasteiger charge is -2.09. The molecule has 0 bridgehead atoms. The number of aliphatic hydroxyl groups excluding tert-OH is 1. The van der Waals surface area contributed by atoms with Gasteiger partial charge < -0.3 is 14.8 Å². The monoisotopic (exact) mass is 157 g/mol. The van der Waals surface area contributed by atoms with Crippen molar-refractivity contribution in [2.24, 2.45) is 5.92 Å². The van der Waals surface area contributed by atoms with E-state index in [1.165, 1.54) is 0 Å². The highest BCUT2D eigenvalue weighted by atomic mass is 16.3. The van der Waals surface area contributed by atoms with Gasteiger partial charge in [0.05, 0.1) is 6.10 Å². The summed E-state index contributed by atoms with van der Waals surface area (Å²) in [5.41, 5.74) is 0. The summed E-state index contributed by atoms with van der Waals surface area (Å²) in [5, 5.41) is 9.41. The zero-order chi connectivity index (χ0) is 8.43. The van der Waals surface area contributed by atoms with E-state index in [0.29, 0.717) is 13.0 Å². The molecule has 1 saturated heterocycles. The van der Waals surface area contributed by atoms with Crippen LogP contribution in [0, 0.1) is 5.92 Å². The Balaban J connectivity index is 2.40. The average molecular weight is 157 g/mol. The number of aliphatic hydroxyl groups is 1. The molecule has 3 heteroatoms. The first kappa shape index (κ1) is 8.68. The van der Waals surface area contributed by atoms with Gasteiger partial charge in [-0.15, -0.1) is 0 Å². The van der Waals surface area contributed by atoms with Gasteiger partial charge in [-0.2, -0.15) is 0 Å². The van der Waals surface area contributed by atoms with Crippen LogP contribution in [-0.2, 0) is 4.79 Å². The zero-order valence-electron chi connectivity index (χ0n) is 7.08. The molecule has 1 aliphatic rings. The van der Waals surface area contributed by atoms with Gasteiger partial charge in [0.25, 0.3) is 0 Å². The summed E-state index contributed by atoms with van der Waals surface area (Å²) in [6, 6.07) is 0. The molecule has 0 amide bonds. The lowest BCUT2D eigenvalue weighted by atomic mass is 10.0. The van der Waals surface area contributed by atoms with E-state index in [1.54, 1.807) is 6.92 Å². The molecular weight excluding hydrogens is 142 g/mol. The highest BCUT2D eigenvalue weighted by Gasteiger charge is 2.29. The second kappa shape index (κ2) is 3.32. The van der Waals surface area contributed by atoms with E-state index < -0.39 is 0 Å². The zero-order valence-corrected chi connectivity index (χ0v) is 7.08. The molecule has 1 rings (SSSR count). The molecule has 2 atom stereocenters. The number of Topliss-reactive ketones (excluding diaryl/α,β-unsaturated/α-hetero) is 1. The van der Waals surface area contributed by atoms with Gasteiger partial charge in [0, 0.05) is 25.4 Å². The van der Waals surface area contributed by atoms with Gasteiger partial charge in [-0.3, -0.25) is 0 Å². The van der Waals surface area contributed by atoms with E-state index in [1.807, 2.05) is 7.05 Å². The largest absolute Gasteiger partial charge is 0.391 e. The van der Waals surface area contributed by atoms with E-state index in [4.69, 9.17) is 0 Å². The number of likely N-dealkylation sites (N-methyl/N-ethyl adjacent to an activating group) is 1. The lowest BCUT2D eigenvalue weighted by molar-refractivity contribution is -0.118. The Hall–Kier alpha value is -0.410. The van der Waals surface area contributed by atoms with Gasteiger partial charge in [0.2, 0.25) is 0 Å². The van der Waals surface area contributed by atoms with Crippen molar-refractivity contribution in [3.05, 3.63) is 0 Å². The normalized spacial score (nSPS) is 32.6. The van der Waals surface area contributed by atoms with Crippen LogP contribution in [0.3, 0.4) is 0 Å². The van der Waals surface area contributed by atoms with Crippen LogP contribution >= 0.6 is 0 Å². The molecule has 0 saturated carbocycles. The first-order chi connectivity index (χ1) is 5.09. The minimum absolute atomic E-state index is 0.164. The maximum absolute atomic E-state index is 10.7. The summed E-state index contributed by atoms with van der Waals surface area (Å²) >= 11 is 0. The molecule has 2 unspecified atom stereocenters. The van der Waals surface area contributed by atoms with E-state index in [2.05, 4.69) is 4.90 Å². The van der Waals surface area contributed by atoms with Crippen molar-refractivity contribution in [1.29, 1.82) is 0 Å². The van der Waals surface area contributed by atoms with Gasteiger partial charge in [-0.05, 0) is 14.0 Å². The molecule has 0 aromatic rings. The molecule has 11 heavy (non-hydrogen) atoms. The lowest BCUT2D eigenvalue weighted by Crippen LogP contribution is -2.19. The van der Waals surface area contributed by atoms with E-state index in [9.17, 15) is 9.90 Å². The minimum Gasteiger partial charge on any atom is -0.391 e. The maximum Gasteiger partial charge on any atom is 0.130 e. The fraction of sp³-hybridized carbons (Fsp3) is 0.875. The van der Waals surface area contributed by atoms with Gasteiger partial charge in [0.1, 0.15) is 5.78 Å². The fourth-order valence-electron chi connectivity index (χ4n) is 1.63. The fourth-order valence-corrected chi connectivity index (χ4v) is 1.63. The Labute approximate surface area is 67.0 Å². The third-order valence-corrected chi connectivity index (χ3v) is 2.14. The van der Waals surface area contributed by atoms with Crippen LogP contribution in [0.5, 0.6) is 0 Å². The SMILES string of the molecule is CC(=O)CC1CN(C)CC1O. The van der Waals surface area contributed by atoms with Crippen LogP contribution in [0.2, 0.25) is 0 Å². The number of likely N-dealkylation sites (tertiary alicyclic amines) is 1. The molecule has 0 aliphatic carbocycles. The molecule has 64 valence electrons. The maximum atomic E-state index is 10.7. The third-order valence-electron chi connectivity index (χ3n) is 2.14. The highest BCUT2D eigenvalue weighted by Crippen LogP contribution is 2.18. The third kappa shape index (κ3) is 2.27. The molecular formula is C8H15NO2. The minimum atomic E-state index is -0.302. The van der Waals surface area contributed by atoms with Crippen molar-refractivity contribution >= 4 is 5.78 Å². The van der Waals surface area contributed by atoms with Gasteiger partial charge in [-0.25, -0.2) is 0 Å². The second-order valence-electron chi connectivity index (χ2n) is 3.45. The quantitative estimate of drug-likeness (QED) is 0.608. The summed E-state index contributed by atoms with van der Waals surface area (Å²) in [4.78, 5) is 12.8. The molecule has 1 N–H and O–H groups in total. The number of rotatable bonds is 2. The predicted molar refractivity (Wildman–Crippen MR) is 42.3 cm³/mol. The van der Waals surface area contributed by atoms with Crippen LogP contribution in [0.25, 0.3) is 0 Å². The molecule has 1 aliphatic heterocycles. The molecule has 0 spiro atoms. The molecule has 0 radical (unpaired) electrons. The number of ketones is 1. The smallest absolute Gasteiger partial charge is 0.130 e. The predicted octanol–water partition coefficient (Wildman–Crippen LogP) is -0.112. The molecule has 1 heterocycles. The Morgan fingerprint density at radius 2 is 2.27 bits per heavy atom. The van der Waals surface area contributed by atoms with Crippen LogP contribution in [-0.4, -0.2) is 42.0 Å². The Bertz CT molecular complexity index is 158. The first-order valence-corrected chi connectivity index (χ1v) is 3.95. The van der Waals surface area contributed by atoms with Crippen molar-refractivity contribution in [3.63, 3.8) is 0 Å². The Morgan fingerprint density at radius 1 is 1.64 bits per heavy atom. The second-order valence-corrected chi connectivity index (χ2v) is 3.45. The van der Waals surface area contributed by atoms with Crippen molar-refractivity contribution in [1.82, 2.24) is 4.90 Å². The molecule has 3 nitrogen and oxygen atoms in total. The topological polar surface area (TPSA) is 40.5 Å². The first-order valence-electron chi connectivity index (χ1n) is 3.95. The summed E-state index contributed by atoms with van der Waals surface area (Å²) in [7, 11) is 1.96. The number of hydrogen-bond acceptors (Lipinski definition) is 3. The van der Waals surface area contributed by atoms with E-state index in [-0.39, 0.29) is 17.8 Å². The van der Waals surface area contributed by atoms with Gasteiger partial charge in [0.15, 0.2) is 0 Å². The summed E-state index contributed by atoms with van der Waals surface area (Å²) in [5.74, 6) is 0.335. The summed E-state index contributed by atoms with van der Waals surface area (Å²) in [6.45, 7) is 3.13. The summed E-state index contributed by atoms with van der Waals surface area (Å²) in [6.07, 6.45) is 0.217. The van der Waals surface area contributed by atoms with Crippen molar-refractivity contribution < 1.29 is 9.90 Å². The van der Waals surface area contributed by atoms with Crippen LogP contribution in [0.1, 0.15) is 13.3 Å². The standard InChI is InChI=1S/C8H15NO2/c1-6(10)3-7-4-9(2)5-8(7)11/h7-8,11H,3-5H2,1-2H3. The van der Waals surface area contributed by atoms with Crippen LogP contribution in [0.4, 0.5) is 0 Å². The number of nitrogens with zero attached hydrogens (tertiary/aromatic N) is 1. The van der Waals surface area contributed by atoms with Gasteiger partial charge in [-0.1, -0.05) is 0 Å². The van der Waals surface area contributed by atoms with Crippen molar-refractivity contribution in [2.75, 3.05) is 20.1 Å². The van der Waals surface area contributed by atoms with Crippen LogP contribution < -0.4 is 0 Å². The number of carbonyl (C=O) groups excluding carboxylic acids is 1. The Kier molecular flexibility index (Phi) is 2.62. The summed E-state index contributed by atoms with van der Waals surface area (Å²) < 4.78 is 0. The van der Waals surface area contributed by atoms with E-state index >= 15 is 0 Å². The number of β-amino-alcohol motifs (C(OH)–C–C–N with tert-alkyl or cyclic N) is 1. The average Bonchev–Trinajstić information content (AvgIpc) is 2.09. The molecule has 0 aromatic carbocycles. The number of carbonyl (C=O) groups is 1. The van der Waals surface area contributed by atoms with E-state index in [0.717, 1.165) is 6.54 Å². The highest BCUT2D eigenvalue weighted by molar-refractivity contribution is 5.75. The molecule has 0 aromatic heterocycles. The van der Waals surface area contributed by atoms with Gasteiger partial charge >= 0.3 is 0 Å².